The van der Waals surface area contributed by atoms with Crippen molar-refractivity contribution in [3.63, 3.8) is 0 Å². The van der Waals surface area contributed by atoms with Gasteiger partial charge in [-0.3, -0.25) is 9.88 Å². The lowest BCUT2D eigenvalue weighted by Crippen LogP contribution is -2.64. The number of carbonyl (C=O) groups excluding carboxylic acids is 1. The lowest BCUT2D eigenvalue weighted by molar-refractivity contribution is -0.0879. The highest BCUT2D eigenvalue weighted by atomic mass is 35.5. The van der Waals surface area contributed by atoms with Gasteiger partial charge in [0.1, 0.15) is 5.75 Å². The number of pyridine rings is 1. The first kappa shape index (κ1) is 14.3. The van der Waals surface area contributed by atoms with Gasteiger partial charge in [0.15, 0.2) is 5.72 Å². The van der Waals surface area contributed by atoms with Crippen molar-refractivity contribution in [2.24, 2.45) is 0 Å². The van der Waals surface area contributed by atoms with Crippen LogP contribution in [0.25, 0.3) is 0 Å². The van der Waals surface area contributed by atoms with E-state index in [1.54, 1.807) is 17.3 Å². The second-order valence-corrected chi connectivity index (χ2v) is 6.49. The van der Waals surface area contributed by atoms with Gasteiger partial charge in [-0.15, -0.1) is 0 Å². The maximum Gasteiger partial charge on any atom is 0.321 e. The molecule has 2 amide bonds. The van der Waals surface area contributed by atoms with Gasteiger partial charge in [0, 0.05) is 29.4 Å². The van der Waals surface area contributed by atoms with Gasteiger partial charge < -0.3 is 10.1 Å². The van der Waals surface area contributed by atoms with Gasteiger partial charge in [-0.05, 0) is 30.7 Å². The highest BCUT2D eigenvalue weighted by Gasteiger charge is 2.49. The van der Waals surface area contributed by atoms with E-state index < -0.39 is 5.72 Å². The standard InChI is InChI=1S/C17H16ClN3O2/c1-17-8-13(15-12(18)5-2-6-14(15)23-17)20-16(22)21(17)10-11-4-3-7-19-9-11/h2-7,9,13H,8,10H2,1H3,(H,20,22). The number of fused-ring (bicyclic) bond motifs is 4. The molecule has 6 heteroatoms. The molecule has 4 rings (SSSR count). The van der Waals surface area contributed by atoms with Crippen molar-refractivity contribution in [1.82, 2.24) is 15.2 Å². The SMILES string of the molecule is CC12CC(NC(=O)N1Cc1cccnc1)c1c(Cl)cccc1O2. The van der Waals surface area contributed by atoms with Crippen LogP contribution in [0.1, 0.15) is 30.5 Å². The number of hydrogen-bond donors (Lipinski definition) is 1. The van der Waals surface area contributed by atoms with Gasteiger partial charge in [-0.1, -0.05) is 23.7 Å². The first-order valence-electron chi connectivity index (χ1n) is 7.51. The van der Waals surface area contributed by atoms with E-state index in [1.165, 1.54) is 0 Å². The van der Waals surface area contributed by atoms with E-state index in [2.05, 4.69) is 10.3 Å². The minimum atomic E-state index is -0.708. The number of urea groups is 1. The van der Waals surface area contributed by atoms with Gasteiger partial charge >= 0.3 is 6.03 Å². The summed E-state index contributed by atoms with van der Waals surface area (Å²) in [5, 5.41) is 3.66. The zero-order valence-electron chi connectivity index (χ0n) is 12.6. The second kappa shape index (κ2) is 5.13. The molecule has 1 aromatic carbocycles. The number of halogens is 1. The molecule has 2 aromatic rings. The fourth-order valence-corrected chi connectivity index (χ4v) is 3.64. The number of nitrogens with zero attached hydrogens (tertiary/aromatic N) is 2. The molecule has 118 valence electrons. The van der Waals surface area contributed by atoms with E-state index in [-0.39, 0.29) is 12.1 Å². The Balaban J connectivity index is 1.71. The van der Waals surface area contributed by atoms with E-state index in [0.717, 1.165) is 16.9 Å². The number of carbonyl (C=O) groups is 1. The minimum Gasteiger partial charge on any atom is -0.468 e. The van der Waals surface area contributed by atoms with Crippen molar-refractivity contribution >= 4 is 17.6 Å². The Hall–Kier alpha value is -2.27. The van der Waals surface area contributed by atoms with Gasteiger partial charge in [-0.25, -0.2) is 4.79 Å². The molecule has 2 atom stereocenters. The molecular weight excluding hydrogens is 314 g/mol. The molecule has 2 unspecified atom stereocenters. The number of nitrogens with one attached hydrogen (secondary N) is 1. The molecule has 1 aromatic heterocycles. The highest BCUT2D eigenvalue weighted by molar-refractivity contribution is 6.31. The molecule has 0 aliphatic carbocycles. The van der Waals surface area contributed by atoms with Crippen molar-refractivity contribution in [1.29, 1.82) is 0 Å². The molecule has 1 N–H and O–H groups in total. The summed E-state index contributed by atoms with van der Waals surface area (Å²) < 4.78 is 6.19. The van der Waals surface area contributed by atoms with Crippen LogP contribution in [-0.4, -0.2) is 21.6 Å². The molecule has 0 saturated carbocycles. The number of aromatic nitrogens is 1. The lowest BCUT2D eigenvalue weighted by Gasteiger charge is -2.50. The number of rotatable bonds is 2. The van der Waals surface area contributed by atoms with Crippen molar-refractivity contribution in [2.45, 2.75) is 31.7 Å². The first-order chi connectivity index (χ1) is 11.1. The summed E-state index contributed by atoms with van der Waals surface area (Å²) in [6.07, 6.45) is 4.12. The molecule has 1 saturated heterocycles. The topological polar surface area (TPSA) is 54.5 Å². The molecule has 2 aliphatic heterocycles. The van der Waals surface area contributed by atoms with Gasteiger partial charge in [0.2, 0.25) is 0 Å². The third-order valence-corrected chi connectivity index (χ3v) is 4.78. The smallest absolute Gasteiger partial charge is 0.321 e. The molecule has 2 bridgehead atoms. The number of benzene rings is 1. The number of ether oxygens (including phenoxy) is 1. The van der Waals surface area contributed by atoms with Crippen molar-refractivity contribution in [2.75, 3.05) is 0 Å². The Morgan fingerprint density at radius 1 is 1.43 bits per heavy atom. The average molecular weight is 330 g/mol. The average Bonchev–Trinajstić information content (AvgIpc) is 2.52. The van der Waals surface area contributed by atoms with Crippen LogP contribution in [0, 0.1) is 0 Å². The van der Waals surface area contributed by atoms with Crippen LogP contribution < -0.4 is 10.1 Å². The Morgan fingerprint density at radius 2 is 2.30 bits per heavy atom. The summed E-state index contributed by atoms with van der Waals surface area (Å²) in [6.45, 7) is 2.39. The van der Waals surface area contributed by atoms with Crippen LogP contribution in [0.3, 0.4) is 0 Å². The summed E-state index contributed by atoms with van der Waals surface area (Å²) in [4.78, 5) is 18.4. The number of amides is 2. The van der Waals surface area contributed by atoms with Crippen molar-refractivity contribution < 1.29 is 9.53 Å². The summed E-state index contributed by atoms with van der Waals surface area (Å²) in [7, 11) is 0. The molecule has 0 spiro atoms. The Labute approximate surface area is 139 Å². The molecule has 23 heavy (non-hydrogen) atoms. The summed E-state index contributed by atoms with van der Waals surface area (Å²) in [5.74, 6) is 0.729. The highest BCUT2D eigenvalue weighted by Crippen LogP contribution is 2.46. The summed E-state index contributed by atoms with van der Waals surface area (Å²) in [5.41, 5.74) is 1.12. The normalized spacial score (nSPS) is 25.4. The molecule has 2 aliphatic rings. The van der Waals surface area contributed by atoms with Gasteiger partial charge in [0.05, 0.1) is 12.6 Å². The first-order valence-corrected chi connectivity index (χ1v) is 7.89. The molecule has 5 nitrogen and oxygen atoms in total. The Bertz CT molecular complexity index is 768. The third kappa shape index (κ3) is 2.32. The Morgan fingerprint density at radius 3 is 3.09 bits per heavy atom. The minimum absolute atomic E-state index is 0.130. The molecule has 0 radical (unpaired) electrons. The van der Waals surface area contributed by atoms with Crippen LogP contribution in [0.15, 0.2) is 42.7 Å². The predicted molar refractivity (Wildman–Crippen MR) is 86.2 cm³/mol. The van der Waals surface area contributed by atoms with Crippen LogP contribution >= 0.6 is 11.6 Å². The van der Waals surface area contributed by atoms with E-state index >= 15 is 0 Å². The van der Waals surface area contributed by atoms with Crippen LogP contribution in [0.2, 0.25) is 5.02 Å². The fourth-order valence-electron chi connectivity index (χ4n) is 3.35. The van der Waals surface area contributed by atoms with E-state index in [9.17, 15) is 4.79 Å². The maximum absolute atomic E-state index is 12.6. The summed E-state index contributed by atoms with van der Waals surface area (Å²) >= 11 is 6.29. The quantitative estimate of drug-likeness (QED) is 0.917. The largest absolute Gasteiger partial charge is 0.468 e. The molecule has 3 heterocycles. The zero-order chi connectivity index (χ0) is 16.0. The van der Waals surface area contributed by atoms with Crippen molar-refractivity contribution in [3.05, 3.63) is 58.9 Å². The van der Waals surface area contributed by atoms with Gasteiger partial charge in [-0.2, -0.15) is 0 Å². The van der Waals surface area contributed by atoms with E-state index in [1.807, 2.05) is 37.3 Å². The lowest BCUT2D eigenvalue weighted by atomic mass is 9.90. The Kier molecular flexibility index (Phi) is 3.20. The molecular formula is C17H16ClN3O2. The van der Waals surface area contributed by atoms with E-state index in [4.69, 9.17) is 16.3 Å². The van der Waals surface area contributed by atoms with E-state index in [0.29, 0.717) is 18.0 Å². The van der Waals surface area contributed by atoms with Crippen LogP contribution in [0.4, 0.5) is 4.79 Å². The molecule has 1 fully saturated rings. The second-order valence-electron chi connectivity index (χ2n) is 6.08. The van der Waals surface area contributed by atoms with Crippen molar-refractivity contribution in [3.8, 4) is 5.75 Å². The fraction of sp³-hybridized carbons (Fsp3) is 0.294. The maximum atomic E-state index is 12.6. The predicted octanol–water partition coefficient (Wildman–Crippen LogP) is 3.50. The third-order valence-electron chi connectivity index (χ3n) is 4.45. The van der Waals surface area contributed by atoms with Gasteiger partial charge in [0.25, 0.3) is 0 Å². The monoisotopic (exact) mass is 329 g/mol. The summed E-state index contributed by atoms with van der Waals surface area (Å²) in [6, 6.07) is 9.10. The van der Waals surface area contributed by atoms with Crippen LogP contribution in [0.5, 0.6) is 5.75 Å². The zero-order valence-corrected chi connectivity index (χ0v) is 13.4. The van der Waals surface area contributed by atoms with Crippen LogP contribution in [-0.2, 0) is 6.54 Å². The number of hydrogen-bond acceptors (Lipinski definition) is 3.